The maximum absolute atomic E-state index is 12.1. The summed E-state index contributed by atoms with van der Waals surface area (Å²) >= 11 is 0. The number of rotatable bonds is 3. The van der Waals surface area contributed by atoms with Gasteiger partial charge < -0.3 is 14.7 Å². The smallest absolute Gasteiger partial charge is 0.410 e. The Morgan fingerprint density at radius 3 is 2.61 bits per heavy atom. The van der Waals surface area contributed by atoms with Crippen molar-refractivity contribution < 1.29 is 27.9 Å². The summed E-state index contributed by atoms with van der Waals surface area (Å²) < 4.78 is 28.7. The van der Waals surface area contributed by atoms with Gasteiger partial charge in [-0.05, 0) is 5.56 Å². The van der Waals surface area contributed by atoms with E-state index < -0.39 is 39.0 Å². The lowest BCUT2D eigenvalue weighted by Crippen LogP contribution is -2.40. The second kappa shape index (κ2) is 5.52. The molecule has 0 saturated carbocycles. The van der Waals surface area contributed by atoms with Crippen molar-refractivity contribution >= 4 is 21.9 Å². The lowest BCUT2D eigenvalue weighted by molar-refractivity contribution is -0.148. The molecule has 23 heavy (non-hydrogen) atoms. The second-order valence-corrected chi connectivity index (χ2v) is 8.24. The van der Waals surface area contributed by atoms with Crippen LogP contribution in [0.4, 0.5) is 4.79 Å². The molecule has 3 rings (SSSR count). The summed E-state index contributed by atoms with van der Waals surface area (Å²) in [5.41, 5.74) is -0.569. The lowest BCUT2D eigenvalue weighted by Gasteiger charge is -2.21. The van der Waals surface area contributed by atoms with E-state index in [2.05, 4.69) is 0 Å². The van der Waals surface area contributed by atoms with Gasteiger partial charge in [0.15, 0.2) is 9.84 Å². The van der Waals surface area contributed by atoms with E-state index in [-0.39, 0.29) is 25.4 Å². The van der Waals surface area contributed by atoms with Crippen molar-refractivity contribution in [1.82, 2.24) is 4.90 Å². The van der Waals surface area contributed by atoms with Crippen molar-refractivity contribution in [3.8, 4) is 0 Å². The fourth-order valence-electron chi connectivity index (χ4n) is 3.36. The molecule has 8 heteroatoms. The van der Waals surface area contributed by atoms with Gasteiger partial charge in [-0.25, -0.2) is 13.2 Å². The number of benzene rings is 1. The Morgan fingerprint density at radius 2 is 2.00 bits per heavy atom. The molecule has 7 nitrogen and oxygen atoms in total. The Kier molecular flexibility index (Phi) is 3.79. The molecule has 2 aliphatic rings. The van der Waals surface area contributed by atoms with Crippen LogP contribution >= 0.6 is 0 Å². The largest absolute Gasteiger partial charge is 0.481 e. The van der Waals surface area contributed by atoms with E-state index in [1.54, 1.807) is 0 Å². The van der Waals surface area contributed by atoms with Crippen LogP contribution in [0.1, 0.15) is 5.56 Å². The first kappa shape index (κ1) is 15.8. The SMILES string of the molecule is O=C(OCc1ccccc1)N1CC2CS(=O)(=O)CC2(C(=O)O)C1. The van der Waals surface area contributed by atoms with Crippen LogP contribution in [0.2, 0.25) is 0 Å². The van der Waals surface area contributed by atoms with Gasteiger partial charge >= 0.3 is 12.1 Å². The molecule has 124 valence electrons. The zero-order valence-corrected chi connectivity index (χ0v) is 13.2. The van der Waals surface area contributed by atoms with Crippen LogP contribution in [0, 0.1) is 11.3 Å². The quantitative estimate of drug-likeness (QED) is 0.872. The number of hydrogen-bond acceptors (Lipinski definition) is 5. The van der Waals surface area contributed by atoms with Gasteiger partial charge in [0, 0.05) is 19.0 Å². The zero-order valence-electron chi connectivity index (χ0n) is 12.3. The first-order valence-electron chi connectivity index (χ1n) is 7.22. The molecular weight excluding hydrogens is 322 g/mol. The maximum atomic E-state index is 12.1. The van der Waals surface area contributed by atoms with Gasteiger partial charge in [-0.3, -0.25) is 4.79 Å². The Hall–Kier alpha value is -2.09. The minimum absolute atomic E-state index is 0.0964. The molecule has 1 amide bonds. The van der Waals surface area contributed by atoms with Crippen LogP contribution in [0.15, 0.2) is 30.3 Å². The summed E-state index contributed by atoms with van der Waals surface area (Å²) in [6.45, 7) is 0.0677. The Bertz CT molecular complexity index is 732. The van der Waals surface area contributed by atoms with Crippen molar-refractivity contribution in [1.29, 1.82) is 0 Å². The summed E-state index contributed by atoms with van der Waals surface area (Å²) in [4.78, 5) is 25.0. The Morgan fingerprint density at radius 1 is 1.30 bits per heavy atom. The van der Waals surface area contributed by atoms with E-state index in [4.69, 9.17) is 4.74 Å². The molecule has 1 aromatic carbocycles. The summed E-state index contributed by atoms with van der Waals surface area (Å²) in [5, 5.41) is 9.47. The summed E-state index contributed by atoms with van der Waals surface area (Å²) in [5.74, 6) is -2.35. The van der Waals surface area contributed by atoms with E-state index in [1.807, 2.05) is 30.3 Å². The van der Waals surface area contributed by atoms with Crippen LogP contribution in [0.3, 0.4) is 0 Å². The van der Waals surface area contributed by atoms with Gasteiger partial charge in [0.05, 0.1) is 11.5 Å². The molecule has 1 aromatic rings. The fourth-order valence-corrected chi connectivity index (χ4v) is 5.75. The topological polar surface area (TPSA) is 101 Å². The molecule has 2 unspecified atom stereocenters. The molecule has 0 spiro atoms. The van der Waals surface area contributed by atoms with E-state index in [9.17, 15) is 23.1 Å². The number of carbonyl (C=O) groups is 2. The number of carbonyl (C=O) groups excluding carboxylic acids is 1. The third-order valence-corrected chi connectivity index (χ3v) is 6.38. The van der Waals surface area contributed by atoms with Gasteiger partial charge in [0.25, 0.3) is 0 Å². The first-order valence-corrected chi connectivity index (χ1v) is 9.04. The lowest BCUT2D eigenvalue weighted by atomic mass is 9.81. The molecule has 2 atom stereocenters. The summed E-state index contributed by atoms with van der Waals surface area (Å²) in [6.07, 6.45) is -0.610. The van der Waals surface area contributed by atoms with E-state index >= 15 is 0 Å². The average molecular weight is 339 g/mol. The van der Waals surface area contributed by atoms with Gasteiger partial charge in [-0.15, -0.1) is 0 Å². The van der Waals surface area contributed by atoms with E-state index in [0.29, 0.717) is 0 Å². The minimum Gasteiger partial charge on any atom is -0.481 e. The third kappa shape index (κ3) is 2.90. The summed E-state index contributed by atoms with van der Waals surface area (Å²) in [6, 6.07) is 9.14. The van der Waals surface area contributed by atoms with Gasteiger partial charge in [-0.1, -0.05) is 30.3 Å². The van der Waals surface area contributed by atoms with Crippen molar-refractivity contribution in [3.63, 3.8) is 0 Å². The maximum Gasteiger partial charge on any atom is 0.410 e. The highest BCUT2D eigenvalue weighted by atomic mass is 32.2. The average Bonchev–Trinajstić information content (AvgIpc) is 2.96. The van der Waals surface area contributed by atoms with Crippen molar-refractivity contribution in [2.45, 2.75) is 6.61 Å². The summed E-state index contributed by atoms with van der Waals surface area (Å²) in [7, 11) is -3.37. The number of nitrogens with zero attached hydrogens (tertiary/aromatic N) is 1. The number of fused-ring (bicyclic) bond motifs is 1. The highest BCUT2D eigenvalue weighted by Gasteiger charge is 2.61. The Balaban J connectivity index is 1.67. The predicted octanol–water partition coefficient (Wildman–Crippen LogP) is 0.754. The number of hydrogen-bond donors (Lipinski definition) is 1. The normalized spacial score (nSPS) is 28.3. The monoisotopic (exact) mass is 339 g/mol. The van der Waals surface area contributed by atoms with Crippen LogP contribution in [-0.4, -0.2) is 55.1 Å². The number of ether oxygens (including phenoxy) is 1. The first-order chi connectivity index (χ1) is 10.8. The van der Waals surface area contributed by atoms with Crippen LogP contribution < -0.4 is 0 Å². The van der Waals surface area contributed by atoms with Crippen LogP contribution in [-0.2, 0) is 26.0 Å². The fraction of sp³-hybridized carbons (Fsp3) is 0.467. The molecular formula is C15H17NO6S. The second-order valence-electron chi connectivity index (χ2n) is 6.13. The minimum atomic E-state index is -3.37. The molecule has 2 saturated heterocycles. The van der Waals surface area contributed by atoms with Gasteiger partial charge in [0.2, 0.25) is 0 Å². The molecule has 0 aromatic heterocycles. The molecule has 0 bridgehead atoms. The number of amides is 1. The number of carboxylic acid groups (broad SMARTS) is 1. The van der Waals surface area contributed by atoms with Crippen LogP contribution in [0.5, 0.6) is 0 Å². The van der Waals surface area contributed by atoms with E-state index in [1.165, 1.54) is 4.90 Å². The number of sulfone groups is 1. The standard InChI is InChI=1S/C15H17NO6S/c17-13(18)15-9-16(6-12(15)8-23(20,21)10-15)14(19)22-7-11-4-2-1-3-5-11/h1-5,12H,6-10H2,(H,17,18). The van der Waals surface area contributed by atoms with Crippen molar-refractivity contribution in [3.05, 3.63) is 35.9 Å². The highest BCUT2D eigenvalue weighted by Crippen LogP contribution is 2.44. The van der Waals surface area contributed by atoms with Crippen LogP contribution in [0.25, 0.3) is 0 Å². The molecule has 2 fully saturated rings. The zero-order chi connectivity index (χ0) is 16.7. The molecule has 1 N–H and O–H groups in total. The third-order valence-electron chi connectivity index (χ3n) is 4.52. The van der Waals surface area contributed by atoms with Crippen molar-refractivity contribution in [2.24, 2.45) is 11.3 Å². The molecule has 0 radical (unpaired) electrons. The van der Waals surface area contributed by atoms with E-state index in [0.717, 1.165) is 5.56 Å². The molecule has 2 heterocycles. The molecule has 0 aliphatic carbocycles. The van der Waals surface area contributed by atoms with Gasteiger partial charge in [-0.2, -0.15) is 0 Å². The Labute approximate surface area is 133 Å². The number of carboxylic acids is 1. The van der Waals surface area contributed by atoms with Crippen molar-refractivity contribution in [2.75, 3.05) is 24.6 Å². The van der Waals surface area contributed by atoms with Gasteiger partial charge in [0.1, 0.15) is 12.0 Å². The number of aliphatic carboxylic acids is 1. The highest BCUT2D eigenvalue weighted by molar-refractivity contribution is 7.91. The number of likely N-dealkylation sites (tertiary alicyclic amines) is 1. The molecule has 2 aliphatic heterocycles. The predicted molar refractivity (Wildman–Crippen MR) is 80.4 cm³/mol.